The van der Waals surface area contributed by atoms with Crippen LogP contribution in [-0.4, -0.2) is 23.2 Å². The van der Waals surface area contributed by atoms with Crippen molar-refractivity contribution in [2.24, 2.45) is 0 Å². The summed E-state index contributed by atoms with van der Waals surface area (Å²) < 4.78 is 4.83. The molecular weight excluding hydrogens is 170 g/mol. The van der Waals surface area contributed by atoms with Crippen molar-refractivity contribution in [2.75, 3.05) is 7.11 Å². The first-order valence-corrected chi connectivity index (χ1v) is 3.59. The molecule has 1 heterocycles. The summed E-state index contributed by atoms with van der Waals surface area (Å²) in [6.45, 7) is 3.53. The summed E-state index contributed by atoms with van der Waals surface area (Å²) in [6, 6.07) is 3.04. The van der Waals surface area contributed by atoms with E-state index in [-0.39, 0.29) is 11.6 Å². The highest BCUT2D eigenvalue weighted by Gasteiger charge is 2.07. The van der Waals surface area contributed by atoms with Crippen LogP contribution in [0, 0.1) is 0 Å². The van der Waals surface area contributed by atoms with Gasteiger partial charge in [0, 0.05) is 6.07 Å². The van der Waals surface area contributed by atoms with Crippen molar-refractivity contribution < 1.29 is 14.6 Å². The highest BCUT2D eigenvalue weighted by Crippen LogP contribution is 2.13. The number of carboxylic acid groups (broad SMARTS) is 1. The first kappa shape index (κ1) is 9.25. The van der Waals surface area contributed by atoms with Crippen molar-refractivity contribution in [1.29, 1.82) is 0 Å². The molecule has 0 bridgehead atoms. The minimum Gasteiger partial charge on any atom is -0.481 e. The maximum absolute atomic E-state index is 10.6. The van der Waals surface area contributed by atoms with E-state index < -0.39 is 5.97 Å². The fourth-order valence-electron chi connectivity index (χ4n) is 0.857. The van der Waals surface area contributed by atoms with Crippen molar-refractivity contribution >= 4 is 12.0 Å². The molecule has 1 rings (SSSR count). The second-order valence-corrected chi connectivity index (χ2v) is 2.34. The van der Waals surface area contributed by atoms with Crippen LogP contribution in [0.1, 0.15) is 16.1 Å². The molecule has 0 aliphatic heterocycles. The Labute approximate surface area is 75.5 Å². The molecule has 0 atom stereocenters. The van der Waals surface area contributed by atoms with Gasteiger partial charge in [0.1, 0.15) is 0 Å². The molecule has 0 spiro atoms. The number of hydrogen-bond donors (Lipinski definition) is 1. The first-order chi connectivity index (χ1) is 6.17. The zero-order valence-electron chi connectivity index (χ0n) is 7.15. The van der Waals surface area contributed by atoms with Gasteiger partial charge in [0.25, 0.3) is 0 Å². The van der Waals surface area contributed by atoms with Gasteiger partial charge in [-0.1, -0.05) is 12.7 Å². The minimum atomic E-state index is -1.08. The molecule has 1 N–H and O–H groups in total. The van der Waals surface area contributed by atoms with E-state index >= 15 is 0 Å². The lowest BCUT2D eigenvalue weighted by Crippen LogP contribution is -2.02. The normalized spacial score (nSPS) is 9.31. The molecular formula is C9H9NO3. The number of carbonyl (C=O) groups is 1. The van der Waals surface area contributed by atoms with Gasteiger partial charge in [0.2, 0.25) is 5.88 Å². The molecule has 1 aromatic heterocycles. The molecule has 0 aliphatic carbocycles. The van der Waals surface area contributed by atoms with E-state index in [1.165, 1.54) is 19.3 Å². The van der Waals surface area contributed by atoms with E-state index in [9.17, 15) is 4.79 Å². The molecule has 0 saturated heterocycles. The first-order valence-electron chi connectivity index (χ1n) is 3.59. The molecule has 4 heteroatoms. The monoisotopic (exact) mass is 179 g/mol. The Balaban J connectivity index is 3.22. The van der Waals surface area contributed by atoms with Gasteiger partial charge in [-0.2, -0.15) is 0 Å². The van der Waals surface area contributed by atoms with Crippen LogP contribution in [-0.2, 0) is 0 Å². The Morgan fingerprint density at radius 1 is 1.69 bits per heavy atom. The van der Waals surface area contributed by atoms with Crippen LogP contribution in [0.4, 0.5) is 0 Å². The van der Waals surface area contributed by atoms with Crippen LogP contribution < -0.4 is 4.74 Å². The lowest BCUT2D eigenvalue weighted by Gasteiger charge is -2.01. The third-order valence-electron chi connectivity index (χ3n) is 1.49. The van der Waals surface area contributed by atoms with Crippen LogP contribution in [0.2, 0.25) is 0 Å². The number of aromatic nitrogens is 1. The van der Waals surface area contributed by atoms with Crippen LogP contribution in [0.3, 0.4) is 0 Å². The Morgan fingerprint density at radius 3 is 2.85 bits per heavy atom. The second-order valence-electron chi connectivity index (χ2n) is 2.34. The Hall–Kier alpha value is -1.84. The largest absolute Gasteiger partial charge is 0.481 e. The zero-order chi connectivity index (χ0) is 9.84. The number of hydrogen-bond acceptors (Lipinski definition) is 3. The van der Waals surface area contributed by atoms with E-state index in [1.807, 2.05) is 0 Å². The van der Waals surface area contributed by atoms with Gasteiger partial charge < -0.3 is 9.84 Å². The fourth-order valence-corrected chi connectivity index (χ4v) is 0.857. The molecule has 0 aromatic carbocycles. The van der Waals surface area contributed by atoms with Gasteiger partial charge in [-0.05, 0) is 11.6 Å². The molecule has 68 valence electrons. The van der Waals surface area contributed by atoms with E-state index in [2.05, 4.69) is 11.6 Å². The predicted molar refractivity (Wildman–Crippen MR) is 47.8 cm³/mol. The van der Waals surface area contributed by atoms with Crippen molar-refractivity contribution in [1.82, 2.24) is 4.98 Å². The summed E-state index contributed by atoms with van der Waals surface area (Å²) in [6.07, 6.45) is 1.54. The SMILES string of the molecule is C=Cc1cc(OC)nc(C(=O)O)c1. The molecule has 0 fully saturated rings. The molecule has 0 unspecified atom stereocenters. The number of pyridine rings is 1. The average molecular weight is 179 g/mol. The number of rotatable bonds is 3. The van der Waals surface area contributed by atoms with Crippen LogP contribution >= 0.6 is 0 Å². The minimum absolute atomic E-state index is 0.0470. The highest BCUT2D eigenvalue weighted by molar-refractivity contribution is 5.86. The summed E-state index contributed by atoms with van der Waals surface area (Å²) in [5, 5.41) is 8.67. The van der Waals surface area contributed by atoms with E-state index in [1.54, 1.807) is 6.07 Å². The van der Waals surface area contributed by atoms with Crippen LogP contribution in [0.5, 0.6) is 5.88 Å². The van der Waals surface area contributed by atoms with Gasteiger partial charge in [-0.3, -0.25) is 0 Å². The van der Waals surface area contributed by atoms with Crippen molar-refractivity contribution in [3.05, 3.63) is 30.0 Å². The quantitative estimate of drug-likeness (QED) is 0.762. The molecule has 4 nitrogen and oxygen atoms in total. The zero-order valence-corrected chi connectivity index (χ0v) is 7.15. The Kier molecular flexibility index (Phi) is 2.64. The van der Waals surface area contributed by atoms with Crippen LogP contribution in [0.25, 0.3) is 6.08 Å². The molecule has 0 saturated carbocycles. The summed E-state index contributed by atoms with van der Waals surface area (Å²) in [4.78, 5) is 14.3. The van der Waals surface area contributed by atoms with E-state index in [4.69, 9.17) is 9.84 Å². The Bertz CT molecular complexity index is 347. The van der Waals surface area contributed by atoms with Gasteiger partial charge >= 0.3 is 5.97 Å². The summed E-state index contributed by atoms with van der Waals surface area (Å²) in [5.74, 6) is -0.809. The van der Waals surface area contributed by atoms with Gasteiger partial charge in [0.15, 0.2) is 5.69 Å². The molecule has 0 aliphatic rings. The predicted octanol–water partition coefficient (Wildman–Crippen LogP) is 1.43. The number of methoxy groups -OCH3 is 1. The Morgan fingerprint density at radius 2 is 2.38 bits per heavy atom. The van der Waals surface area contributed by atoms with Gasteiger partial charge in [0.05, 0.1) is 7.11 Å². The second kappa shape index (κ2) is 3.71. The number of carboxylic acids is 1. The summed E-state index contributed by atoms with van der Waals surface area (Å²) in [7, 11) is 1.43. The highest BCUT2D eigenvalue weighted by atomic mass is 16.5. The fraction of sp³-hybridized carbons (Fsp3) is 0.111. The lowest BCUT2D eigenvalue weighted by molar-refractivity contribution is 0.0689. The molecule has 1 aromatic rings. The third kappa shape index (κ3) is 2.05. The van der Waals surface area contributed by atoms with E-state index in [0.29, 0.717) is 5.56 Å². The molecule has 0 amide bonds. The van der Waals surface area contributed by atoms with Crippen molar-refractivity contribution in [2.45, 2.75) is 0 Å². The maximum Gasteiger partial charge on any atom is 0.354 e. The number of nitrogens with zero attached hydrogens (tertiary/aromatic N) is 1. The van der Waals surface area contributed by atoms with Gasteiger partial charge in [-0.15, -0.1) is 0 Å². The lowest BCUT2D eigenvalue weighted by atomic mass is 10.2. The number of aromatic carboxylic acids is 1. The third-order valence-corrected chi connectivity index (χ3v) is 1.49. The van der Waals surface area contributed by atoms with Crippen molar-refractivity contribution in [3.8, 4) is 5.88 Å². The topological polar surface area (TPSA) is 59.4 Å². The van der Waals surface area contributed by atoms with E-state index in [0.717, 1.165) is 0 Å². The number of ether oxygens (including phenoxy) is 1. The van der Waals surface area contributed by atoms with Crippen molar-refractivity contribution in [3.63, 3.8) is 0 Å². The standard InChI is InChI=1S/C9H9NO3/c1-3-6-4-7(9(11)12)10-8(5-6)13-2/h3-5H,1H2,2H3,(H,11,12). The van der Waals surface area contributed by atoms with Crippen LogP contribution in [0.15, 0.2) is 18.7 Å². The van der Waals surface area contributed by atoms with Gasteiger partial charge in [-0.25, -0.2) is 9.78 Å². The molecule has 0 radical (unpaired) electrons. The maximum atomic E-state index is 10.6. The summed E-state index contributed by atoms with van der Waals surface area (Å²) in [5.41, 5.74) is 0.624. The average Bonchev–Trinajstić information content (AvgIpc) is 2.16. The summed E-state index contributed by atoms with van der Waals surface area (Å²) >= 11 is 0. The molecule has 13 heavy (non-hydrogen) atoms. The smallest absolute Gasteiger partial charge is 0.354 e.